The molecule has 0 amide bonds. The number of hydrogen-bond acceptors (Lipinski definition) is 6. The van der Waals surface area contributed by atoms with Crippen molar-refractivity contribution in [1.29, 1.82) is 0 Å². The predicted octanol–water partition coefficient (Wildman–Crippen LogP) is 7.38. The van der Waals surface area contributed by atoms with Crippen molar-refractivity contribution in [3.8, 4) is 0 Å². The van der Waals surface area contributed by atoms with Crippen molar-refractivity contribution in [3.05, 3.63) is 111 Å². The van der Waals surface area contributed by atoms with Crippen LogP contribution in [0.4, 0.5) is 0 Å². The summed E-state index contributed by atoms with van der Waals surface area (Å²) in [6, 6.07) is 21.2. The Morgan fingerprint density at radius 2 is 1.69 bits per heavy atom. The number of esters is 1. The van der Waals surface area contributed by atoms with Crippen molar-refractivity contribution in [2.24, 2.45) is 0 Å². The van der Waals surface area contributed by atoms with E-state index in [0.717, 1.165) is 22.4 Å². The van der Waals surface area contributed by atoms with Crippen LogP contribution in [0.2, 0.25) is 18.1 Å². The lowest BCUT2D eigenvalue weighted by Crippen LogP contribution is -2.56. The van der Waals surface area contributed by atoms with Crippen LogP contribution in [0.25, 0.3) is 5.76 Å². The third-order valence-corrected chi connectivity index (χ3v) is 13.9. The van der Waals surface area contributed by atoms with Crippen molar-refractivity contribution < 1.29 is 18.7 Å². The normalized spacial score (nSPS) is 17.7. The minimum atomic E-state index is -2.22. The first-order chi connectivity index (χ1) is 21.0. The Morgan fingerprint density at radius 1 is 1.00 bits per heavy atom. The number of pyridine rings is 1. The zero-order chi connectivity index (χ0) is 33.0. The molecule has 1 aliphatic carbocycles. The standard InChI is InChI=1S/C37H50N2O5Si/c1-35(2,3)45(8,9)44-31(24-38-36(4,5)23-27-16-13-17-28(22-27)34(41)42-7)37(6)21-20-30(33-29(37)18-19-32(40)39-33)43-25-26-14-11-10-12-15-26/h10-20,22,31,38H,21,23-25H2,1-9H3,(H,39,40)/t31-,37?/m0/s1. The summed E-state index contributed by atoms with van der Waals surface area (Å²) in [6.45, 7) is 18.9. The van der Waals surface area contributed by atoms with Gasteiger partial charge in [-0.25, -0.2) is 4.79 Å². The lowest BCUT2D eigenvalue weighted by Gasteiger charge is -2.48. The maximum absolute atomic E-state index is 12.6. The van der Waals surface area contributed by atoms with Crippen molar-refractivity contribution >= 4 is 20.0 Å². The number of benzene rings is 2. The molecule has 2 atom stereocenters. The molecule has 2 N–H and O–H groups in total. The van der Waals surface area contributed by atoms with E-state index < -0.39 is 13.7 Å². The maximum atomic E-state index is 12.6. The molecule has 1 heterocycles. The number of hydrogen-bond donors (Lipinski definition) is 2. The summed E-state index contributed by atoms with van der Waals surface area (Å²) < 4.78 is 18.5. The van der Waals surface area contributed by atoms with Gasteiger partial charge in [-0.2, -0.15) is 0 Å². The highest BCUT2D eigenvalue weighted by molar-refractivity contribution is 6.74. The van der Waals surface area contributed by atoms with Gasteiger partial charge in [0.05, 0.1) is 24.5 Å². The fourth-order valence-electron chi connectivity index (χ4n) is 5.63. The number of aromatic nitrogens is 1. The zero-order valence-electron chi connectivity index (χ0n) is 28.4. The average molecular weight is 631 g/mol. The van der Waals surface area contributed by atoms with Crippen LogP contribution in [0.3, 0.4) is 0 Å². The predicted molar refractivity (Wildman–Crippen MR) is 184 cm³/mol. The number of carbonyl (C=O) groups is 1. The second kappa shape index (κ2) is 13.5. The van der Waals surface area contributed by atoms with Crippen molar-refractivity contribution in [2.75, 3.05) is 13.7 Å². The average Bonchev–Trinajstić information content (AvgIpc) is 2.98. The SMILES string of the molecule is COC(=O)c1cccc(CC(C)(C)NC[C@H](O[Si](C)(C)C(C)(C)C)C2(C)CC=C(OCc3ccccc3)c3[nH]c(=O)ccc32)c1. The van der Waals surface area contributed by atoms with E-state index in [4.69, 9.17) is 13.9 Å². The van der Waals surface area contributed by atoms with Gasteiger partial charge in [-0.15, -0.1) is 0 Å². The van der Waals surface area contributed by atoms with E-state index in [0.29, 0.717) is 37.3 Å². The molecule has 0 fully saturated rings. The molecule has 0 radical (unpaired) electrons. The molecule has 2 aromatic carbocycles. The third kappa shape index (κ3) is 8.23. The highest BCUT2D eigenvalue weighted by Crippen LogP contribution is 2.45. The van der Waals surface area contributed by atoms with E-state index in [-0.39, 0.29) is 28.2 Å². The van der Waals surface area contributed by atoms with Gasteiger partial charge in [0, 0.05) is 23.6 Å². The van der Waals surface area contributed by atoms with Gasteiger partial charge in [0.25, 0.3) is 0 Å². The van der Waals surface area contributed by atoms with Crippen LogP contribution >= 0.6 is 0 Å². The topological polar surface area (TPSA) is 89.7 Å². The van der Waals surface area contributed by atoms with Gasteiger partial charge < -0.3 is 24.2 Å². The number of methoxy groups -OCH3 is 1. The number of fused-ring (bicyclic) bond motifs is 1. The molecular weight excluding hydrogens is 581 g/mol. The number of allylic oxidation sites excluding steroid dienone is 1. The monoisotopic (exact) mass is 630 g/mol. The van der Waals surface area contributed by atoms with E-state index in [9.17, 15) is 9.59 Å². The molecule has 8 heteroatoms. The Kier molecular flexibility index (Phi) is 10.3. The Bertz CT molecular complexity index is 1570. The molecule has 0 aliphatic heterocycles. The number of aromatic amines is 1. The quantitative estimate of drug-likeness (QED) is 0.160. The van der Waals surface area contributed by atoms with Crippen LogP contribution in [0, 0.1) is 0 Å². The molecule has 0 bridgehead atoms. The number of H-pyrrole nitrogens is 1. The molecule has 1 aliphatic rings. The number of nitrogens with one attached hydrogen (secondary N) is 2. The molecule has 1 aromatic heterocycles. The molecule has 242 valence electrons. The van der Waals surface area contributed by atoms with Gasteiger partial charge in [0.15, 0.2) is 8.32 Å². The summed E-state index contributed by atoms with van der Waals surface area (Å²) >= 11 is 0. The first kappa shape index (κ1) is 34.4. The van der Waals surface area contributed by atoms with Gasteiger partial charge in [-0.1, -0.05) is 76.2 Å². The molecule has 45 heavy (non-hydrogen) atoms. The van der Waals surface area contributed by atoms with Crippen LogP contribution in [-0.2, 0) is 32.3 Å². The molecule has 0 saturated heterocycles. The van der Waals surface area contributed by atoms with E-state index in [1.807, 2.05) is 54.6 Å². The van der Waals surface area contributed by atoms with E-state index >= 15 is 0 Å². The minimum absolute atomic E-state index is 0.00768. The summed E-state index contributed by atoms with van der Waals surface area (Å²) in [5.74, 6) is 0.349. The Labute approximate surface area is 269 Å². The second-order valence-electron chi connectivity index (χ2n) is 14.6. The van der Waals surface area contributed by atoms with Crippen LogP contribution in [0.1, 0.15) is 80.7 Å². The summed E-state index contributed by atoms with van der Waals surface area (Å²) in [5, 5.41) is 3.83. The van der Waals surface area contributed by atoms with E-state index in [1.54, 1.807) is 12.1 Å². The first-order valence-electron chi connectivity index (χ1n) is 15.8. The fourth-order valence-corrected chi connectivity index (χ4v) is 7.04. The van der Waals surface area contributed by atoms with E-state index in [2.05, 4.69) is 71.0 Å². The Morgan fingerprint density at radius 3 is 2.36 bits per heavy atom. The smallest absolute Gasteiger partial charge is 0.337 e. The molecule has 7 nitrogen and oxygen atoms in total. The molecular formula is C37H50N2O5Si. The maximum Gasteiger partial charge on any atom is 0.337 e. The summed E-state index contributed by atoms with van der Waals surface area (Å²) in [7, 11) is -0.818. The lowest BCUT2D eigenvalue weighted by molar-refractivity contribution is 0.0600. The Hall–Kier alpha value is -3.46. The number of carbonyl (C=O) groups excluding carboxylic acids is 1. The summed E-state index contributed by atoms with van der Waals surface area (Å²) in [4.78, 5) is 27.8. The highest BCUT2D eigenvalue weighted by atomic mass is 28.4. The molecule has 4 rings (SSSR count). The minimum Gasteiger partial charge on any atom is -0.487 e. The second-order valence-corrected chi connectivity index (χ2v) is 19.3. The third-order valence-electron chi connectivity index (χ3n) is 9.44. The summed E-state index contributed by atoms with van der Waals surface area (Å²) in [5.41, 5.74) is 3.48. The van der Waals surface area contributed by atoms with Gasteiger partial charge in [0.1, 0.15) is 12.4 Å². The lowest BCUT2D eigenvalue weighted by atomic mass is 9.71. The largest absolute Gasteiger partial charge is 0.487 e. The molecule has 0 spiro atoms. The number of ether oxygens (including phenoxy) is 2. The van der Waals surface area contributed by atoms with Crippen molar-refractivity contribution in [3.63, 3.8) is 0 Å². The molecule has 1 unspecified atom stereocenters. The molecule has 0 saturated carbocycles. The fraction of sp³-hybridized carbons (Fsp3) is 0.459. The first-order valence-corrected chi connectivity index (χ1v) is 18.7. The van der Waals surface area contributed by atoms with Gasteiger partial charge >= 0.3 is 5.97 Å². The van der Waals surface area contributed by atoms with Crippen molar-refractivity contribution in [1.82, 2.24) is 10.3 Å². The van der Waals surface area contributed by atoms with Crippen LogP contribution in [0.5, 0.6) is 0 Å². The molecule has 3 aromatic rings. The zero-order valence-corrected chi connectivity index (χ0v) is 29.4. The number of rotatable bonds is 12. The van der Waals surface area contributed by atoms with E-state index in [1.165, 1.54) is 7.11 Å². The van der Waals surface area contributed by atoms with Crippen LogP contribution in [0.15, 0.2) is 77.6 Å². The van der Waals surface area contributed by atoms with Crippen LogP contribution < -0.4 is 10.9 Å². The van der Waals surface area contributed by atoms with Gasteiger partial charge in [0.2, 0.25) is 5.56 Å². The van der Waals surface area contributed by atoms with Gasteiger partial charge in [-0.05, 0) is 79.7 Å². The summed E-state index contributed by atoms with van der Waals surface area (Å²) in [6.07, 6.45) is 3.31. The highest BCUT2D eigenvalue weighted by Gasteiger charge is 2.47. The Balaban J connectivity index is 1.65. The van der Waals surface area contributed by atoms with Crippen LogP contribution in [-0.4, -0.2) is 44.6 Å². The van der Waals surface area contributed by atoms with Crippen molar-refractivity contribution in [2.45, 2.75) is 96.2 Å². The van der Waals surface area contributed by atoms with Gasteiger partial charge in [-0.3, -0.25) is 4.79 Å².